The summed E-state index contributed by atoms with van der Waals surface area (Å²) in [7, 11) is 22.5. The van der Waals surface area contributed by atoms with Crippen molar-refractivity contribution in [2.24, 2.45) is 0 Å². The Hall–Kier alpha value is -0.0832. The molecule has 0 bridgehead atoms. The summed E-state index contributed by atoms with van der Waals surface area (Å²) in [6, 6.07) is 28.9. The molecule has 1 saturated heterocycles. The number of halogens is 4. The van der Waals surface area contributed by atoms with Crippen LogP contribution in [0.25, 0.3) is 0 Å². The zero-order valence-corrected chi connectivity index (χ0v) is 73.4. The molecular formula is C90H147Cl4N2P3Ru2+2. The third-order valence-corrected chi connectivity index (χ3v) is 42.8. The molecule has 0 atom stereocenters. The molecule has 11 heteroatoms. The second kappa shape index (κ2) is 48.5. The standard InChI is InChI=1S/C21H27N2.3C18H33P.2C7H6.CH4.4ClH.2Ru.H2/c1-14-9-16(3)20(17(4)10-14)22-7-8-23(13-22)21-18(5)11-15(2)12-19(21)6;3*1-4-10-16(11-5-1)19(17-12-6-2-7-13-17)18-14-8-3-9-15-18;2*1-7-5-3-2-4-6-7;;;;;;;;/h9-13H,7-8H2,1-6H3;3*16-18H,1-15H2;2*1-6H;1H4;4*1H;;;1H/q-1;;;;;;;;;;;2*+2;/p-1/i;;;;;;;;;;;;;1+1. The molecular weight excluding hydrogens is 1550 g/mol. The van der Waals surface area contributed by atoms with Gasteiger partial charge in [0.05, 0.1) is 50.9 Å². The molecule has 9 saturated carbocycles. The van der Waals surface area contributed by atoms with Crippen LogP contribution in [0.1, 0.15) is 342 Å². The summed E-state index contributed by atoms with van der Waals surface area (Å²) in [5.74, 6) is 0. The van der Waals surface area contributed by atoms with Crippen molar-refractivity contribution >= 4 is 83.1 Å². The van der Waals surface area contributed by atoms with E-state index in [0.29, 0.717) is 0 Å². The Morgan fingerprint density at radius 3 is 0.653 bits per heavy atom. The molecule has 0 amide bonds. The van der Waals surface area contributed by atoms with Crippen LogP contribution in [0.5, 0.6) is 0 Å². The minimum atomic E-state index is -1.61. The normalized spacial score (nSPS) is 21.8. The molecule has 101 heavy (non-hydrogen) atoms. The van der Waals surface area contributed by atoms with Crippen molar-refractivity contribution in [3.63, 3.8) is 0 Å². The number of rotatable bonds is 13. The van der Waals surface area contributed by atoms with Gasteiger partial charge >= 0.3 is 147 Å². The fourth-order valence-electron chi connectivity index (χ4n) is 21.2. The number of anilines is 2. The van der Waals surface area contributed by atoms with Crippen molar-refractivity contribution < 1.29 is 28.5 Å². The van der Waals surface area contributed by atoms with Gasteiger partial charge in [0.25, 0.3) is 0 Å². The number of benzene rings is 4. The SMILES string of the molecule is C.C1CCC([PH+](C2CCCCC2)C2CCCCC2)CC1.C1CCC([PH+](C2CCCCC2)C2CCCCC2)CC1.C1CCC([PH+](C2CCCCC2)C2CCCCC2)CC1.Cc1cc(C)c(N2[CH-]N(c3c(C)cc(C)cc3C)CC2)c(C)c1.[2HH].[Cl][Ru]([Cl])=[CH]c1ccccc1.[Cl][Ru]([Cl])=[CH]c1ccccc1. The summed E-state index contributed by atoms with van der Waals surface area (Å²) in [6.07, 6.45) is 71.4. The van der Waals surface area contributed by atoms with Crippen LogP contribution in [0, 0.1) is 48.2 Å². The first-order chi connectivity index (χ1) is 48.8. The quantitative estimate of drug-likeness (QED) is 0.0748. The molecule has 0 spiro atoms. The van der Waals surface area contributed by atoms with Gasteiger partial charge in [0.2, 0.25) is 0 Å². The summed E-state index contributed by atoms with van der Waals surface area (Å²) in [6.45, 7) is 17.6. The molecule has 10 aliphatic rings. The average Bonchev–Trinajstić information content (AvgIpc) is 1.55. The summed E-state index contributed by atoms with van der Waals surface area (Å²) in [5.41, 5.74) is 24.1. The van der Waals surface area contributed by atoms with E-state index >= 15 is 0 Å². The maximum absolute atomic E-state index is 5.67. The Morgan fingerprint density at radius 1 is 0.307 bits per heavy atom. The van der Waals surface area contributed by atoms with Gasteiger partial charge in [-0.25, -0.2) is 0 Å². The van der Waals surface area contributed by atoms with Crippen LogP contribution in [-0.4, -0.2) is 73.2 Å². The van der Waals surface area contributed by atoms with Gasteiger partial charge in [-0.3, -0.25) is 0 Å². The molecule has 14 rings (SSSR count). The van der Waals surface area contributed by atoms with E-state index in [4.69, 9.17) is 38.8 Å². The van der Waals surface area contributed by atoms with Gasteiger partial charge in [0, 0.05) is 49.7 Å². The molecule has 0 unspecified atom stereocenters. The van der Waals surface area contributed by atoms with E-state index in [1.165, 1.54) is 95.7 Å². The molecule has 0 N–H and O–H groups in total. The van der Waals surface area contributed by atoms with Gasteiger partial charge in [0.1, 0.15) is 0 Å². The van der Waals surface area contributed by atoms with E-state index in [2.05, 4.69) is 82.3 Å². The van der Waals surface area contributed by atoms with Crippen molar-refractivity contribution in [2.75, 3.05) is 22.9 Å². The van der Waals surface area contributed by atoms with E-state index in [1.807, 2.05) is 69.9 Å². The molecule has 0 radical (unpaired) electrons. The first-order valence-electron chi connectivity index (χ1n) is 41.7. The monoisotopic (exact) mass is 1690 g/mol. The molecule has 1 heterocycles. The number of aryl methyl sites for hydroxylation is 6. The van der Waals surface area contributed by atoms with Crippen molar-refractivity contribution in [3.8, 4) is 0 Å². The summed E-state index contributed by atoms with van der Waals surface area (Å²) >= 11 is -3.23. The predicted octanol–water partition coefficient (Wildman–Crippen LogP) is 30.0. The third-order valence-electron chi connectivity index (χ3n) is 25.4. The topological polar surface area (TPSA) is 6.48 Å². The van der Waals surface area contributed by atoms with Gasteiger partial charge < -0.3 is 9.80 Å². The molecule has 9 aliphatic carbocycles. The van der Waals surface area contributed by atoms with Crippen molar-refractivity contribution in [1.82, 2.24) is 0 Å². The van der Waals surface area contributed by atoms with Crippen LogP contribution in [0.4, 0.5) is 11.4 Å². The van der Waals surface area contributed by atoms with E-state index < -0.39 is 27.0 Å². The van der Waals surface area contributed by atoms with Crippen LogP contribution in [0.3, 0.4) is 0 Å². The minimum absolute atomic E-state index is 0. The Balaban J connectivity index is 0.000000175. The molecule has 0 aromatic heterocycles. The Labute approximate surface area is 653 Å². The van der Waals surface area contributed by atoms with E-state index in [1.54, 1.807) is 289 Å². The van der Waals surface area contributed by atoms with Gasteiger partial charge in [-0.15, -0.1) is 0 Å². The third kappa shape index (κ3) is 29.3. The van der Waals surface area contributed by atoms with Crippen LogP contribution in [0.15, 0.2) is 84.9 Å². The maximum atomic E-state index is 5.67. The zero-order valence-electron chi connectivity index (χ0n) is 63.9. The molecule has 1 aliphatic heterocycles. The average molecular weight is 1700 g/mol. The van der Waals surface area contributed by atoms with E-state index in [9.17, 15) is 0 Å². The number of hydrogen-bond acceptors (Lipinski definition) is 2. The summed E-state index contributed by atoms with van der Waals surface area (Å²) < 4.78 is 3.85. The zero-order chi connectivity index (χ0) is 70.3. The van der Waals surface area contributed by atoms with Crippen molar-refractivity contribution in [2.45, 2.75) is 389 Å². The Bertz CT molecular complexity index is 2530. The van der Waals surface area contributed by atoms with Crippen LogP contribution < -0.4 is 9.80 Å². The predicted molar refractivity (Wildman–Crippen MR) is 463 cm³/mol. The van der Waals surface area contributed by atoms with Crippen molar-refractivity contribution in [3.05, 3.63) is 136 Å². The fourth-order valence-corrected chi connectivity index (χ4v) is 40.6. The first kappa shape index (κ1) is 86.5. The van der Waals surface area contributed by atoms with Gasteiger partial charge in [-0.2, -0.15) is 6.67 Å². The summed E-state index contributed by atoms with van der Waals surface area (Å²) in [5, 5.41) is 0. The Kier molecular flexibility index (Phi) is 41.6. The van der Waals surface area contributed by atoms with Crippen LogP contribution in [0.2, 0.25) is 0 Å². The second-order valence-corrected chi connectivity index (χ2v) is 54.7. The number of nitrogens with zero attached hydrogens (tertiary/aromatic N) is 2. The molecule has 10 fully saturated rings. The van der Waals surface area contributed by atoms with Gasteiger partial charge in [-0.05, 0) is 295 Å². The molecule has 574 valence electrons. The van der Waals surface area contributed by atoms with Gasteiger partial charge in [-0.1, -0.05) is 101 Å². The molecule has 4 aromatic carbocycles. The molecule has 4 aromatic rings. The van der Waals surface area contributed by atoms with Gasteiger partial charge in [0.15, 0.2) is 0 Å². The van der Waals surface area contributed by atoms with Crippen molar-refractivity contribution in [1.29, 1.82) is 0 Å². The molecule has 2 nitrogen and oxygen atoms in total. The number of hydrogen-bond donors (Lipinski definition) is 0. The Morgan fingerprint density at radius 2 is 0.485 bits per heavy atom. The first-order valence-corrected chi connectivity index (χ1v) is 57.8. The summed E-state index contributed by atoms with van der Waals surface area (Å²) in [4.78, 5) is 4.81. The van der Waals surface area contributed by atoms with Crippen LogP contribution in [-0.2, 0) is 27.0 Å². The second-order valence-electron chi connectivity index (χ2n) is 32.9. The van der Waals surface area contributed by atoms with E-state index in [-0.39, 0.29) is 32.6 Å². The van der Waals surface area contributed by atoms with Crippen LogP contribution >= 0.6 is 62.5 Å². The van der Waals surface area contributed by atoms with E-state index in [0.717, 1.165) is 24.2 Å². The fraction of sp³-hybridized carbons (Fsp3) is 0.700.